The third kappa shape index (κ3) is 5.13. The van der Waals surface area contributed by atoms with Gasteiger partial charge in [-0.2, -0.15) is 0 Å². The van der Waals surface area contributed by atoms with Crippen molar-refractivity contribution in [2.75, 3.05) is 20.6 Å². The number of carbonyl (C=O) groups is 3. The summed E-state index contributed by atoms with van der Waals surface area (Å²) in [6.07, 6.45) is -0.359. The van der Waals surface area contributed by atoms with Crippen LogP contribution in [0.5, 0.6) is 0 Å². The predicted octanol–water partition coefficient (Wildman–Crippen LogP) is -0.944. The SMILES string of the molecule is CNC(=O)CCN(C)C(=O)CC(=O)O. The minimum atomic E-state index is -1.17. The van der Waals surface area contributed by atoms with E-state index in [0.29, 0.717) is 0 Å². The summed E-state index contributed by atoms with van der Waals surface area (Å²) >= 11 is 0. The van der Waals surface area contributed by atoms with Crippen molar-refractivity contribution in [1.82, 2.24) is 10.2 Å². The van der Waals surface area contributed by atoms with E-state index in [9.17, 15) is 14.4 Å². The van der Waals surface area contributed by atoms with E-state index in [0.717, 1.165) is 0 Å². The molecule has 0 aliphatic heterocycles. The molecule has 0 aromatic heterocycles. The standard InChI is InChI=1S/C8H14N2O4/c1-9-6(11)3-4-10(2)7(12)5-8(13)14/h3-5H2,1-2H3,(H,9,11)(H,13,14). The van der Waals surface area contributed by atoms with Crippen LogP contribution in [0.1, 0.15) is 12.8 Å². The largest absolute Gasteiger partial charge is 0.481 e. The van der Waals surface area contributed by atoms with Crippen molar-refractivity contribution in [1.29, 1.82) is 0 Å². The minimum Gasteiger partial charge on any atom is -0.481 e. The average molecular weight is 202 g/mol. The van der Waals surface area contributed by atoms with E-state index in [4.69, 9.17) is 5.11 Å². The van der Waals surface area contributed by atoms with Gasteiger partial charge in [-0.3, -0.25) is 14.4 Å². The summed E-state index contributed by atoms with van der Waals surface area (Å²) in [6, 6.07) is 0. The number of nitrogens with zero attached hydrogens (tertiary/aromatic N) is 1. The highest BCUT2D eigenvalue weighted by atomic mass is 16.4. The van der Waals surface area contributed by atoms with Gasteiger partial charge in [-0.25, -0.2) is 0 Å². The lowest BCUT2D eigenvalue weighted by Crippen LogP contribution is -2.32. The summed E-state index contributed by atoms with van der Waals surface area (Å²) < 4.78 is 0. The van der Waals surface area contributed by atoms with Gasteiger partial charge in [0.05, 0.1) is 0 Å². The first-order valence-corrected chi connectivity index (χ1v) is 4.13. The zero-order valence-electron chi connectivity index (χ0n) is 8.24. The molecule has 0 saturated heterocycles. The number of carboxylic acid groups (broad SMARTS) is 1. The van der Waals surface area contributed by atoms with E-state index in [1.807, 2.05) is 0 Å². The molecule has 0 aliphatic carbocycles. The lowest BCUT2D eigenvalue weighted by molar-refractivity contribution is -0.143. The number of amides is 2. The normalized spacial score (nSPS) is 9.29. The Morgan fingerprint density at radius 3 is 2.36 bits per heavy atom. The monoisotopic (exact) mass is 202 g/mol. The molecular formula is C8H14N2O4. The zero-order chi connectivity index (χ0) is 11.1. The molecule has 0 bridgehead atoms. The van der Waals surface area contributed by atoms with E-state index in [1.54, 1.807) is 0 Å². The van der Waals surface area contributed by atoms with Gasteiger partial charge < -0.3 is 15.3 Å². The molecule has 0 radical (unpaired) electrons. The Bertz CT molecular complexity index is 239. The highest BCUT2D eigenvalue weighted by Gasteiger charge is 2.13. The molecule has 2 amide bonds. The predicted molar refractivity (Wildman–Crippen MR) is 48.6 cm³/mol. The van der Waals surface area contributed by atoms with Crippen molar-refractivity contribution in [3.05, 3.63) is 0 Å². The number of hydrogen-bond acceptors (Lipinski definition) is 3. The summed E-state index contributed by atoms with van der Waals surface area (Å²) in [5.41, 5.74) is 0. The summed E-state index contributed by atoms with van der Waals surface area (Å²) in [7, 11) is 2.97. The highest BCUT2D eigenvalue weighted by Crippen LogP contribution is 1.93. The Morgan fingerprint density at radius 2 is 1.93 bits per heavy atom. The van der Waals surface area contributed by atoms with Gasteiger partial charge in [-0.15, -0.1) is 0 Å². The van der Waals surface area contributed by atoms with Gasteiger partial charge in [0, 0.05) is 27.1 Å². The lowest BCUT2D eigenvalue weighted by Gasteiger charge is -2.15. The van der Waals surface area contributed by atoms with Gasteiger partial charge in [0.15, 0.2) is 0 Å². The van der Waals surface area contributed by atoms with Gasteiger partial charge in [0.1, 0.15) is 6.42 Å². The molecule has 0 fully saturated rings. The van der Waals surface area contributed by atoms with E-state index >= 15 is 0 Å². The second-order valence-electron chi connectivity index (χ2n) is 2.81. The van der Waals surface area contributed by atoms with Gasteiger partial charge in [-0.1, -0.05) is 0 Å². The van der Waals surface area contributed by atoms with Crippen LogP contribution in [0.25, 0.3) is 0 Å². The average Bonchev–Trinajstić information content (AvgIpc) is 2.12. The molecule has 6 nitrogen and oxygen atoms in total. The molecule has 0 saturated carbocycles. The summed E-state index contributed by atoms with van der Waals surface area (Å²) in [4.78, 5) is 33.3. The molecule has 0 aliphatic rings. The van der Waals surface area contributed by atoms with Crippen molar-refractivity contribution in [3.8, 4) is 0 Å². The fraction of sp³-hybridized carbons (Fsp3) is 0.625. The fourth-order valence-corrected chi connectivity index (χ4v) is 0.783. The van der Waals surface area contributed by atoms with Gasteiger partial charge in [-0.05, 0) is 0 Å². The number of aliphatic carboxylic acids is 1. The van der Waals surface area contributed by atoms with Gasteiger partial charge in [0.2, 0.25) is 11.8 Å². The molecule has 14 heavy (non-hydrogen) atoms. The van der Waals surface area contributed by atoms with Crippen molar-refractivity contribution < 1.29 is 19.5 Å². The molecule has 0 aromatic rings. The number of carbonyl (C=O) groups excluding carboxylic acids is 2. The fourth-order valence-electron chi connectivity index (χ4n) is 0.783. The van der Waals surface area contributed by atoms with Crippen LogP contribution in [0.2, 0.25) is 0 Å². The maximum Gasteiger partial charge on any atom is 0.312 e. The van der Waals surface area contributed by atoms with E-state index in [-0.39, 0.29) is 18.9 Å². The Balaban J connectivity index is 3.84. The maximum atomic E-state index is 11.1. The van der Waals surface area contributed by atoms with Crippen LogP contribution in [0, 0.1) is 0 Å². The van der Waals surface area contributed by atoms with Crippen molar-refractivity contribution >= 4 is 17.8 Å². The second kappa shape index (κ2) is 5.95. The molecule has 0 aromatic carbocycles. The molecule has 0 rings (SSSR count). The van der Waals surface area contributed by atoms with Crippen LogP contribution in [0.15, 0.2) is 0 Å². The third-order valence-corrected chi connectivity index (χ3v) is 1.68. The second-order valence-corrected chi connectivity index (χ2v) is 2.81. The lowest BCUT2D eigenvalue weighted by atomic mass is 10.3. The topological polar surface area (TPSA) is 86.7 Å². The Labute approximate surface area is 81.9 Å². The molecule has 2 N–H and O–H groups in total. The number of nitrogens with one attached hydrogen (secondary N) is 1. The van der Waals surface area contributed by atoms with Crippen molar-refractivity contribution in [2.45, 2.75) is 12.8 Å². The maximum absolute atomic E-state index is 11.1. The van der Waals surface area contributed by atoms with E-state index in [1.165, 1.54) is 19.0 Å². The summed E-state index contributed by atoms with van der Waals surface area (Å²) in [6.45, 7) is 0.228. The molecule has 0 heterocycles. The molecule has 6 heteroatoms. The molecule has 0 unspecified atom stereocenters. The van der Waals surface area contributed by atoms with Crippen LogP contribution in [-0.4, -0.2) is 48.4 Å². The number of hydrogen-bond donors (Lipinski definition) is 2. The van der Waals surface area contributed by atoms with Crippen molar-refractivity contribution in [3.63, 3.8) is 0 Å². The Hall–Kier alpha value is -1.59. The molecule has 80 valence electrons. The molecular weight excluding hydrogens is 188 g/mol. The first kappa shape index (κ1) is 12.4. The van der Waals surface area contributed by atoms with Crippen LogP contribution < -0.4 is 5.32 Å². The van der Waals surface area contributed by atoms with Crippen LogP contribution >= 0.6 is 0 Å². The van der Waals surface area contributed by atoms with Crippen LogP contribution in [0.3, 0.4) is 0 Å². The summed E-state index contributed by atoms with van der Waals surface area (Å²) in [5, 5.41) is 10.7. The smallest absolute Gasteiger partial charge is 0.312 e. The zero-order valence-corrected chi connectivity index (χ0v) is 8.24. The Morgan fingerprint density at radius 1 is 1.36 bits per heavy atom. The first-order chi connectivity index (χ1) is 6.47. The van der Waals surface area contributed by atoms with Crippen molar-refractivity contribution in [2.24, 2.45) is 0 Å². The Kier molecular flexibility index (Phi) is 5.28. The molecule has 0 spiro atoms. The van der Waals surface area contributed by atoms with Crippen LogP contribution in [0.4, 0.5) is 0 Å². The number of rotatable bonds is 5. The van der Waals surface area contributed by atoms with Crippen LogP contribution in [-0.2, 0) is 14.4 Å². The highest BCUT2D eigenvalue weighted by molar-refractivity contribution is 5.93. The van der Waals surface area contributed by atoms with E-state index < -0.39 is 18.3 Å². The van der Waals surface area contributed by atoms with E-state index in [2.05, 4.69) is 5.32 Å². The van der Waals surface area contributed by atoms with Gasteiger partial charge >= 0.3 is 5.97 Å². The minimum absolute atomic E-state index is 0.179. The first-order valence-electron chi connectivity index (χ1n) is 4.13. The quantitative estimate of drug-likeness (QED) is 0.563. The molecule has 0 atom stereocenters. The summed E-state index contributed by atoms with van der Waals surface area (Å²) in [5.74, 6) is -1.84. The number of carboxylic acids is 1. The van der Waals surface area contributed by atoms with Gasteiger partial charge in [0.25, 0.3) is 0 Å². The third-order valence-electron chi connectivity index (χ3n) is 1.68.